The lowest BCUT2D eigenvalue weighted by molar-refractivity contribution is -0.160. The molecule has 3 atom stereocenters. The summed E-state index contributed by atoms with van der Waals surface area (Å²) in [6.07, 6.45) is -1.46. The van der Waals surface area contributed by atoms with Crippen molar-refractivity contribution in [3.05, 3.63) is 119 Å². The summed E-state index contributed by atoms with van der Waals surface area (Å²) in [7, 11) is -2.37. The summed E-state index contributed by atoms with van der Waals surface area (Å²) in [5.41, 5.74) is 1.54. The molecule has 0 aliphatic carbocycles. The first-order chi connectivity index (χ1) is 22.1. The molecule has 11 heteroatoms. The molecule has 3 aromatic carbocycles. The zero-order valence-electron chi connectivity index (χ0n) is 27.6. The van der Waals surface area contributed by atoms with E-state index in [2.05, 4.69) is 33.9 Å². The van der Waals surface area contributed by atoms with Crippen LogP contribution in [0.1, 0.15) is 72.6 Å². The molecule has 2 aliphatic heterocycles. The SMILES string of the molecule is CC(O)=C(C(=O)OC(c1ccccc1)c1ccccc1)N1C(=O)C([C@@H](C)O[Si](C)(C)C(C)(C)C)C1SN1C(=O)c2ccccc2C1=O. The van der Waals surface area contributed by atoms with Crippen LogP contribution < -0.4 is 0 Å². The molecule has 2 heterocycles. The minimum Gasteiger partial charge on any atom is -0.510 e. The molecule has 9 nitrogen and oxygen atoms in total. The highest BCUT2D eigenvalue weighted by Gasteiger charge is 2.58. The lowest BCUT2D eigenvalue weighted by Gasteiger charge is -2.51. The molecular weight excluding hydrogens is 633 g/mol. The molecule has 5 rings (SSSR count). The van der Waals surface area contributed by atoms with Crippen LogP contribution in [0.15, 0.2) is 96.4 Å². The normalized spacial score (nSPS) is 19.4. The van der Waals surface area contributed by atoms with Crippen LogP contribution in [0.2, 0.25) is 18.1 Å². The van der Waals surface area contributed by atoms with E-state index < -0.39 is 61.3 Å². The zero-order valence-corrected chi connectivity index (χ0v) is 29.4. The third kappa shape index (κ3) is 6.52. The van der Waals surface area contributed by atoms with Crippen molar-refractivity contribution in [2.75, 3.05) is 0 Å². The van der Waals surface area contributed by atoms with Crippen LogP contribution in [0.3, 0.4) is 0 Å². The molecule has 0 bridgehead atoms. The van der Waals surface area contributed by atoms with Crippen molar-refractivity contribution < 1.29 is 33.4 Å². The second kappa shape index (κ2) is 13.1. The predicted molar refractivity (Wildman–Crippen MR) is 183 cm³/mol. The Morgan fingerprint density at radius 1 is 0.851 bits per heavy atom. The Hall–Kier alpha value is -4.19. The van der Waals surface area contributed by atoms with Gasteiger partial charge >= 0.3 is 5.97 Å². The highest BCUT2D eigenvalue weighted by atomic mass is 32.2. The fourth-order valence-electron chi connectivity index (χ4n) is 5.52. The van der Waals surface area contributed by atoms with E-state index in [4.69, 9.17) is 9.16 Å². The van der Waals surface area contributed by atoms with Gasteiger partial charge in [-0.05, 0) is 67.2 Å². The van der Waals surface area contributed by atoms with Gasteiger partial charge in [0.15, 0.2) is 20.1 Å². The van der Waals surface area contributed by atoms with Crippen LogP contribution in [0.5, 0.6) is 0 Å². The number of benzene rings is 3. The Morgan fingerprint density at radius 3 is 1.77 bits per heavy atom. The number of likely N-dealkylation sites (tertiary alicyclic amines) is 1. The largest absolute Gasteiger partial charge is 0.510 e. The topological polar surface area (TPSA) is 113 Å². The minimum absolute atomic E-state index is 0.153. The number of esters is 1. The molecule has 3 aromatic rings. The van der Waals surface area contributed by atoms with Gasteiger partial charge in [0.1, 0.15) is 11.1 Å². The third-order valence-corrected chi connectivity index (χ3v) is 14.9. The molecule has 1 saturated heterocycles. The van der Waals surface area contributed by atoms with Gasteiger partial charge in [-0.15, -0.1) is 0 Å². The number of amides is 3. The second-order valence-electron chi connectivity index (χ2n) is 13.3. The number of imide groups is 1. The van der Waals surface area contributed by atoms with E-state index in [-0.39, 0.29) is 21.9 Å². The number of carbonyl (C=O) groups excluding carboxylic acids is 4. The number of carbonyl (C=O) groups is 4. The summed E-state index contributed by atoms with van der Waals surface area (Å²) >= 11 is 0.845. The fraction of sp³-hybridized carbons (Fsp3) is 0.333. The smallest absolute Gasteiger partial charge is 0.359 e. The van der Waals surface area contributed by atoms with Crippen LogP contribution in [0, 0.1) is 5.92 Å². The van der Waals surface area contributed by atoms with Crippen LogP contribution in [-0.2, 0) is 18.8 Å². The van der Waals surface area contributed by atoms with E-state index in [1.54, 1.807) is 31.2 Å². The summed E-state index contributed by atoms with van der Waals surface area (Å²) in [5.74, 6) is -3.73. The van der Waals surface area contributed by atoms with Crippen molar-refractivity contribution >= 4 is 44.0 Å². The van der Waals surface area contributed by atoms with E-state index in [0.717, 1.165) is 21.2 Å². The summed E-state index contributed by atoms with van der Waals surface area (Å²) in [6, 6.07) is 24.8. The number of rotatable bonds is 10. The molecule has 0 aromatic heterocycles. The summed E-state index contributed by atoms with van der Waals surface area (Å²) < 4.78 is 13.7. The molecule has 0 radical (unpaired) electrons. The van der Waals surface area contributed by atoms with Crippen molar-refractivity contribution in [2.24, 2.45) is 5.92 Å². The Kier molecular flexibility index (Phi) is 9.54. The number of nitrogens with zero attached hydrogens (tertiary/aromatic N) is 2. The standard InChI is InChI=1S/C36H40N2O7SSi/c1-22(39)29(35(43)44-30(24-16-10-8-11-17-24)25-18-12-9-13-19-25)37-33(42)28(23(2)45-47(6,7)36(3,4)5)34(37)46-38-31(40)26-20-14-15-21-27(26)32(38)41/h8-21,23,28,30,34,39H,1-7H3/t23-,28?,34?/m1/s1. The first-order valence-electron chi connectivity index (χ1n) is 15.5. The van der Waals surface area contributed by atoms with Crippen molar-refractivity contribution in [3.63, 3.8) is 0 Å². The molecule has 1 N–H and O–H groups in total. The van der Waals surface area contributed by atoms with E-state index in [9.17, 15) is 24.3 Å². The van der Waals surface area contributed by atoms with Crippen molar-refractivity contribution in [2.45, 2.75) is 70.3 Å². The first-order valence-corrected chi connectivity index (χ1v) is 19.2. The van der Waals surface area contributed by atoms with Gasteiger partial charge in [0, 0.05) is 0 Å². The molecule has 1 fully saturated rings. The maximum Gasteiger partial charge on any atom is 0.359 e. The van der Waals surface area contributed by atoms with Crippen LogP contribution in [0.25, 0.3) is 0 Å². The number of hydrogen-bond acceptors (Lipinski definition) is 8. The summed E-state index contributed by atoms with van der Waals surface area (Å²) in [6.45, 7) is 13.5. The Balaban J connectivity index is 1.50. The number of fused-ring (bicyclic) bond motifs is 1. The van der Waals surface area contributed by atoms with Crippen molar-refractivity contribution in [1.29, 1.82) is 0 Å². The van der Waals surface area contributed by atoms with Crippen molar-refractivity contribution in [1.82, 2.24) is 9.21 Å². The van der Waals surface area contributed by atoms with Crippen LogP contribution >= 0.6 is 11.9 Å². The molecule has 47 heavy (non-hydrogen) atoms. The Morgan fingerprint density at radius 2 is 1.32 bits per heavy atom. The van der Waals surface area contributed by atoms with Gasteiger partial charge in [-0.3, -0.25) is 19.3 Å². The van der Waals surface area contributed by atoms with Gasteiger partial charge in [0.2, 0.25) is 5.91 Å². The van der Waals surface area contributed by atoms with Gasteiger partial charge in [0.25, 0.3) is 11.8 Å². The van der Waals surface area contributed by atoms with Crippen molar-refractivity contribution in [3.8, 4) is 0 Å². The quantitative estimate of drug-likeness (QED) is 0.0456. The lowest BCUT2D eigenvalue weighted by Crippen LogP contribution is -2.65. The van der Waals surface area contributed by atoms with E-state index in [1.165, 1.54) is 6.92 Å². The van der Waals surface area contributed by atoms with Gasteiger partial charge in [-0.1, -0.05) is 93.6 Å². The number of hydrogen-bond donors (Lipinski definition) is 1. The maximum atomic E-state index is 14.1. The second-order valence-corrected chi connectivity index (χ2v) is 19.1. The summed E-state index contributed by atoms with van der Waals surface area (Å²) in [4.78, 5) is 56.1. The van der Waals surface area contributed by atoms with E-state index in [0.29, 0.717) is 11.1 Å². The van der Waals surface area contributed by atoms with Crippen LogP contribution in [0.4, 0.5) is 0 Å². The molecule has 0 saturated carbocycles. The highest BCUT2D eigenvalue weighted by Crippen LogP contribution is 2.47. The summed E-state index contributed by atoms with van der Waals surface area (Å²) in [5, 5.41) is 9.84. The molecule has 246 valence electrons. The van der Waals surface area contributed by atoms with Gasteiger partial charge < -0.3 is 14.3 Å². The number of allylic oxidation sites excluding steroid dienone is 1. The number of aliphatic hydroxyl groups excluding tert-OH is 1. The fourth-order valence-corrected chi connectivity index (χ4v) is 8.33. The van der Waals surface area contributed by atoms with Gasteiger partial charge in [-0.2, -0.15) is 0 Å². The maximum absolute atomic E-state index is 14.1. The molecule has 0 spiro atoms. The monoisotopic (exact) mass is 672 g/mol. The molecular formula is C36H40N2O7SSi. The zero-order chi connectivity index (χ0) is 34.3. The third-order valence-electron chi connectivity index (χ3n) is 9.05. The average Bonchev–Trinajstić information content (AvgIpc) is 3.26. The van der Waals surface area contributed by atoms with E-state index >= 15 is 0 Å². The minimum atomic E-state index is -2.37. The van der Waals surface area contributed by atoms with E-state index in [1.807, 2.05) is 60.7 Å². The molecule has 3 amide bonds. The number of β-lactam (4-membered cyclic amide) rings is 1. The predicted octanol–water partition coefficient (Wildman–Crippen LogP) is 7.25. The Bertz CT molecular complexity index is 1640. The first kappa shape index (κ1) is 34.1. The number of ether oxygens (including phenoxy) is 1. The lowest BCUT2D eigenvalue weighted by atomic mass is 9.91. The van der Waals surface area contributed by atoms with Gasteiger partial charge in [-0.25, -0.2) is 9.10 Å². The average molecular weight is 673 g/mol. The van der Waals surface area contributed by atoms with Gasteiger partial charge in [0.05, 0.1) is 23.1 Å². The molecule has 2 aliphatic rings. The van der Waals surface area contributed by atoms with Crippen LogP contribution in [-0.4, -0.2) is 57.8 Å². The number of aliphatic hydroxyl groups is 1. The Labute approximate surface area is 280 Å². The highest BCUT2D eigenvalue weighted by molar-refractivity contribution is 7.98. The molecule has 2 unspecified atom stereocenters.